The number of rotatable bonds is 7. The van der Waals surface area contributed by atoms with Crippen molar-refractivity contribution in [1.82, 2.24) is 4.57 Å². The summed E-state index contributed by atoms with van der Waals surface area (Å²) < 4.78 is 14.8. The Bertz CT molecular complexity index is 1780. The molecule has 196 valence electrons. The number of carbonyl (C=O) groups is 1. The van der Waals surface area contributed by atoms with Crippen LogP contribution >= 0.6 is 67.9 Å². The average Bonchev–Trinajstić information content (AvgIpc) is 3.56. The van der Waals surface area contributed by atoms with E-state index in [1.54, 1.807) is 11.5 Å². The van der Waals surface area contributed by atoms with Crippen molar-refractivity contribution in [1.29, 1.82) is 5.26 Å². The fourth-order valence-electron chi connectivity index (χ4n) is 4.21. The molecule has 0 fully saturated rings. The minimum Gasteiger partial charge on any atom is -0.477 e. The van der Waals surface area contributed by atoms with E-state index in [0.29, 0.717) is 26.4 Å². The van der Waals surface area contributed by atoms with Gasteiger partial charge in [0.1, 0.15) is 17.9 Å². The largest absolute Gasteiger partial charge is 0.477 e. The molecule has 0 aliphatic carbocycles. The van der Waals surface area contributed by atoms with Crippen molar-refractivity contribution in [3.05, 3.63) is 108 Å². The van der Waals surface area contributed by atoms with Gasteiger partial charge in [-0.1, -0.05) is 47.7 Å². The number of nitrogens with zero attached hydrogens (tertiary/aromatic N) is 3. The van der Waals surface area contributed by atoms with Crippen molar-refractivity contribution in [3.63, 3.8) is 0 Å². The molecular formula is C28H19I2N3O4S2. The second-order valence-corrected chi connectivity index (χ2v) is 12.5. The molecule has 0 N–H and O–H groups in total. The summed E-state index contributed by atoms with van der Waals surface area (Å²) in [5.74, 6) is 0.144. The molecule has 11 heteroatoms. The normalized spacial score (nSPS) is 14.9. The van der Waals surface area contributed by atoms with Gasteiger partial charge in [0.05, 0.1) is 29.5 Å². The van der Waals surface area contributed by atoms with Crippen molar-refractivity contribution in [2.75, 3.05) is 13.2 Å². The van der Waals surface area contributed by atoms with E-state index in [-0.39, 0.29) is 18.8 Å². The predicted molar refractivity (Wildman–Crippen MR) is 168 cm³/mol. The summed E-state index contributed by atoms with van der Waals surface area (Å²) in [5, 5.41) is 10.8. The van der Waals surface area contributed by atoms with Crippen molar-refractivity contribution in [2.24, 2.45) is 4.99 Å². The summed E-state index contributed by atoms with van der Waals surface area (Å²) in [6, 6.07) is 18.4. The molecule has 1 aliphatic heterocycles. The van der Waals surface area contributed by atoms with Crippen LogP contribution in [0.3, 0.4) is 0 Å². The molecule has 0 bridgehead atoms. The fraction of sp³-hybridized carbons (Fsp3) is 0.143. The summed E-state index contributed by atoms with van der Waals surface area (Å²) in [7, 11) is 0. The maximum absolute atomic E-state index is 13.9. The van der Waals surface area contributed by atoms with Crippen LogP contribution < -0.4 is 19.6 Å². The van der Waals surface area contributed by atoms with Gasteiger partial charge in [-0.3, -0.25) is 9.36 Å². The fourth-order valence-corrected chi connectivity index (χ4v) is 8.17. The van der Waals surface area contributed by atoms with Gasteiger partial charge in [0.2, 0.25) is 0 Å². The van der Waals surface area contributed by atoms with Gasteiger partial charge in [-0.15, -0.1) is 11.3 Å². The van der Waals surface area contributed by atoms with E-state index in [9.17, 15) is 9.59 Å². The van der Waals surface area contributed by atoms with Crippen LogP contribution in [0.25, 0.3) is 11.8 Å². The number of esters is 1. The third-order valence-electron chi connectivity index (χ3n) is 5.79. The SMILES string of the molecule is CCOC(=O)C1=C(c2ccccc2)N=c2s/c(=C\c3cc(I)c(OCC#N)c(I)c3)c(=O)n2[C@@H]1c1cccs1. The summed E-state index contributed by atoms with van der Waals surface area (Å²) in [5.41, 5.74) is 2.20. The van der Waals surface area contributed by atoms with Crippen molar-refractivity contribution < 1.29 is 14.3 Å². The lowest BCUT2D eigenvalue weighted by atomic mass is 9.97. The lowest BCUT2D eigenvalue weighted by molar-refractivity contribution is -0.138. The van der Waals surface area contributed by atoms with Gasteiger partial charge in [0.25, 0.3) is 5.56 Å². The van der Waals surface area contributed by atoms with Gasteiger partial charge < -0.3 is 9.47 Å². The molecule has 4 aromatic rings. The van der Waals surface area contributed by atoms with E-state index in [2.05, 4.69) is 45.2 Å². The highest BCUT2D eigenvalue weighted by molar-refractivity contribution is 14.1. The number of aromatic nitrogens is 1. The molecule has 0 radical (unpaired) electrons. The molecule has 0 unspecified atom stereocenters. The minimum atomic E-state index is -0.667. The third kappa shape index (κ3) is 5.60. The molecule has 2 aromatic carbocycles. The molecule has 0 saturated heterocycles. The van der Waals surface area contributed by atoms with E-state index < -0.39 is 12.0 Å². The summed E-state index contributed by atoms with van der Waals surface area (Å²) in [6.45, 7) is 1.92. The second kappa shape index (κ2) is 12.2. The Kier molecular flexibility index (Phi) is 8.65. The molecule has 0 saturated carbocycles. The van der Waals surface area contributed by atoms with Crippen LogP contribution in [0, 0.1) is 18.5 Å². The molecule has 0 amide bonds. The van der Waals surface area contributed by atoms with Crippen LogP contribution in [-0.4, -0.2) is 23.8 Å². The first kappa shape index (κ1) is 27.8. The average molecular weight is 779 g/mol. The number of benzene rings is 2. The predicted octanol–water partition coefficient (Wildman–Crippen LogP) is 5.11. The zero-order valence-corrected chi connectivity index (χ0v) is 26.3. The third-order valence-corrected chi connectivity index (χ3v) is 9.30. The van der Waals surface area contributed by atoms with E-state index >= 15 is 0 Å². The van der Waals surface area contributed by atoms with Crippen LogP contribution in [-0.2, 0) is 9.53 Å². The number of hydrogen-bond acceptors (Lipinski definition) is 8. The monoisotopic (exact) mass is 779 g/mol. The maximum Gasteiger partial charge on any atom is 0.338 e. The van der Waals surface area contributed by atoms with Crippen LogP contribution in [0.15, 0.2) is 75.3 Å². The zero-order chi connectivity index (χ0) is 27.5. The number of hydrogen-bond donors (Lipinski definition) is 0. The molecule has 1 aliphatic rings. The zero-order valence-electron chi connectivity index (χ0n) is 20.4. The Hall–Kier alpha value is -2.80. The highest BCUT2D eigenvalue weighted by Crippen LogP contribution is 2.37. The highest BCUT2D eigenvalue weighted by Gasteiger charge is 2.35. The number of carbonyl (C=O) groups excluding carboxylic acids is 1. The smallest absolute Gasteiger partial charge is 0.338 e. The Morgan fingerprint density at radius 2 is 1.92 bits per heavy atom. The minimum absolute atomic E-state index is 0.0424. The van der Waals surface area contributed by atoms with Gasteiger partial charge in [0, 0.05) is 10.4 Å². The second-order valence-electron chi connectivity index (χ2n) is 8.21. The highest BCUT2D eigenvalue weighted by atomic mass is 127. The quantitative estimate of drug-likeness (QED) is 0.192. The van der Waals surface area contributed by atoms with E-state index in [1.807, 2.05) is 72.1 Å². The molecule has 7 nitrogen and oxygen atoms in total. The van der Waals surface area contributed by atoms with Crippen molar-refractivity contribution in [2.45, 2.75) is 13.0 Å². The summed E-state index contributed by atoms with van der Waals surface area (Å²) >= 11 is 7.08. The Morgan fingerprint density at radius 1 is 1.18 bits per heavy atom. The van der Waals surface area contributed by atoms with Gasteiger partial charge >= 0.3 is 5.97 Å². The first-order valence-corrected chi connectivity index (χ1v) is 15.6. The molecular weight excluding hydrogens is 760 g/mol. The molecule has 5 rings (SSSR count). The Balaban J connectivity index is 1.74. The van der Waals surface area contributed by atoms with Gasteiger partial charge in [-0.05, 0) is 87.3 Å². The van der Waals surface area contributed by atoms with E-state index in [0.717, 1.165) is 23.1 Å². The molecule has 3 heterocycles. The van der Waals surface area contributed by atoms with Gasteiger partial charge in [-0.2, -0.15) is 5.26 Å². The molecule has 1 atom stereocenters. The Morgan fingerprint density at radius 3 is 2.56 bits per heavy atom. The Labute approximate surface area is 259 Å². The van der Waals surface area contributed by atoms with Crippen molar-refractivity contribution in [3.8, 4) is 11.8 Å². The summed E-state index contributed by atoms with van der Waals surface area (Å²) in [4.78, 5) is 33.5. The number of halogens is 2. The van der Waals surface area contributed by atoms with Crippen LogP contribution in [0.4, 0.5) is 0 Å². The number of fused-ring (bicyclic) bond motifs is 1. The van der Waals surface area contributed by atoms with E-state index in [4.69, 9.17) is 19.7 Å². The standard InChI is InChI=1S/C28H19I2N3O4S2/c1-2-36-27(35)22-23(17-7-4-3-5-8-17)32-28-33(24(22)20-9-6-12-38-20)26(34)21(39-28)15-16-13-18(29)25(19(30)14-16)37-11-10-31/h3-9,12-15,24H,2,11H2,1H3/b21-15-/t24-/m1/s1. The number of nitriles is 1. The number of thiophene rings is 1. The molecule has 39 heavy (non-hydrogen) atoms. The topological polar surface area (TPSA) is 93.7 Å². The van der Waals surface area contributed by atoms with Crippen LogP contribution in [0.2, 0.25) is 0 Å². The first-order chi connectivity index (χ1) is 18.9. The van der Waals surface area contributed by atoms with Crippen molar-refractivity contribution >= 4 is 85.6 Å². The lowest BCUT2D eigenvalue weighted by Crippen LogP contribution is -2.39. The van der Waals surface area contributed by atoms with E-state index in [1.165, 1.54) is 22.7 Å². The maximum atomic E-state index is 13.9. The summed E-state index contributed by atoms with van der Waals surface area (Å²) in [6.07, 6.45) is 1.82. The van der Waals surface area contributed by atoms with Gasteiger partial charge in [0.15, 0.2) is 11.4 Å². The first-order valence-electron chi connectivity index (χ1n) is 11.7. The van der Waals surface area contributed by atoms with Crippen LogP contribution in [0.1, 0.15) is 29.0 Å². The van der Waals surface area contributed by atoms with Gasteiger partial charge in [-0.25, -0.2) is 9.79 Å². The molecule has 2 aromatic heterocycles. The number of ether oxygens (including phenoxy) is 2. The number of thiazole rings is 1. The van der Waals surface area contributed by atoms with Crippen LogP contribution in [0.5, 0.6) is 5.75 Å². The molecule has 0 spiro atoms. The lowest BCUT2D eigenvalue weighted by Gasteiger charge is -2.24.